The van der Waals surface area contributed by atoms with E-state index in [-0.39, 0.29) is 0 Å². The molecule has 16 heavy (non-hydrogen) atoms. The lowest BCUT2D eigenvalue weighted by Gasteiger charge is -2.02. The normalized spacial score (nSPS) is 11.1. The lowest BCUT2D eigenvalue weighted by atomic mass is 10.1. The third-order valence-electron chi connectivity index (χ3n) is 2.48. The Kier molecular flexibility index (Phi) is 2.41. The van der Waals surface area contributed by atoms with Crippen LogP contribution in [0.4, 0.5) is 0 Å². The molecule has 0 saturated carbocycles. The molecule has 0 aliphatic rings. The maximum Gasteiger partial charge on any atom is 0.0947 e. The molecule has 0 bridgehead atoms. The fourth-order valence-electron chi connectivity index (χ4n) is 1.74. The van der Waals surface area contributed by atoms with Gasteiger partial charge in [0.05, 0.1) is 11.0 Å². The second kappa shape index (κ2) is 3.79. The van der Waals surface area contributed by atoms with Crippen molar-refractivity contribution in [2.24, 2.45) is 0 Å². The Balaban J connectivity index is 2.50. The van der Waals surface area contributed by atoms with Crippen LogP contribution in [0.15, 0.2) is 45.3 Å². The second-order valence-corrected chi connectivity index (χ2v) is 5.35. The van der Waals surface area contributed by atoms with Gasteiger partial charge in [-0.1, -0.05) is 44.0 Å². The molecular formula is C12H6Br2N2. The first-order valence-electron chi connectivity index (χ1n) is 4.75. The molecular weight excluding hydrogens is 332 g/mol. The van der Waals surface area contributed by atoms with Crippen LogP contribution in [0.5, 0.6) is 0 Å². The minimum atomic E-state index is 0.907. The molecule has 0 amide bonds. The average molecular weight is 338 g/mol. The highest BCUT2D eigenvalue weighted by atomic mass is 79.9. The van der Waals surface area contributed by atoms with Gasteiger partial charge in [0.2, 0.25) is 0 Å². The highest BCUT2D eigenvalue weighted by Crippen LogP contribution is 2.26. The van der Waals surface area contributed by atoms with E-state index < -0.39 is 0 Å². The zero-order valence-electron chi connectivity index (χ0n) is 8.11. The number of rotatable bonds is 0. The van der Waals surface area contributed by atoms with Crippen molar-refractivity contribution in [3.05, 3.63) is 45.3 Å². The molecule has 4 heteroatoms. The lowest BCUT2D eigenvalue weighted by molar-refractivity contribution is 1.12. The fourth-order valence-corrected chi connectivity index (χ4v) is 2.44. The van der Waals surface area contributed by atoms with Gasteiger partial charge in [-0.3, -0.25) is 0 Å². The van der Waals surface area contributed by atoms with E-state index in [1.165, 1.54) is 0 Å². The topological polar surface area (TPSA) is 25.8 Å². The largest absolute Gasteiger partial charge is 0.150 e. The number of nitrogens with zero attached hydrogens (tertiary/aromatic N) is 2. The summed E-state index contributed by atoms with van der Waals surface area (Å²) in [5.41, 5.74) is 1.81. The molecule has 0 aliphatic heterocycles. The van der Waals surface area contributed by atoms with Crippen molar-refractivity contribution in [1.29, 1.82) is 0 Å². The molecule has 1 aromatic heterocycles. The summed E-state index contributed by atoms with van der Waals surface area (Å²) in [4.78, 5) is 0. The first kappa shape index (κ1) is 10.2. The van der Waals surface area contributed by atoms with Gasteiger partial charge in [0, 0.05) is 19.7 Å². The van der Waals surface area contributed by atoms with E-state index in [9.17, 15) is 0 Å². The molecule has 0 N–H and O–H groups in total. The fraction of sp³-hybridized carbons (Fsp3) is 0. The first-order valence-corrected chi connectivity index (χ1v) is 6.34. The highest BCUT2D eigenvalue weighted by molar-refractivity contribution is 9.10. The molecule has 0 unspecified atom stereocenters. The molecule has 78 valence electrons. The molecule has 0 radical (unpaired) electrons. The van der Waals surface area contributed by atoms with Crippen LogP contribution in [0, 0.1) is 0 Å². The quantitative estimate of drug-likeness (QED) is 0.571. The summed E-state index contributed by atoms with van der Waals surface area (Å²) in [5.74, 6) is 0. The SMILES string of the molecule is Brc1ccc2c(c1)nnc1cc(Br)ccc12. The van der Waals surface area contributed by atoms with Crippen molar-refractivity contribution in [3.63, 3.8) is 0 Å². The number of halogens is 2. The summed E-state index contributed by atoms with van der Waals surface area (Å²) in [5, 5.41) is 10.7. The third kappa shape index (κ3) is 1.62. The Bertz CT molecular complexity index is 634. The van der Waals surface area contributed by atoms with Gasteiger partial charge in [-0.05, 0) is 24.3 Å². The average Bonchev–Trinajstić information content (AvgIpc) is 2.28. The minimum absolute atomic E-state index is 0.907. The zero-order chi connectivity index (χ0) is 11.1. The summed E-state index contributed by atoms with van der Waals surface area (Å²) in [6.45, 7) is 0. The smallest absolute Gasteiger partial charge is 0.0947 e. The van der Waals surface area contributed by atoms with E-state index in [0.29, 0.717) is 0 Å². The molecule has 3 aromatic rings. The van der Waals surface area contributed by atoms with Gasteiger partial charge in [0.25, 0.3) is 0 Å². The zero-order valence-corrected chi connectivity index (χ0v) is 11.3. The van der Waals surface area contributed by atoms with Gasteiger partial charge in [0.15, 0.2) is 0 Å². The summed E-state index contributed by atoms with van der Waals surface area (Å²) in [6.07, 6.45) is 0. The Hall–Kier alpha value is -1.000. The van der Waals surface area contributed by atoms with Crippen molar-refractivity contribution in [1.82, 2.24) is 10.2 Å². The van der Waals surface area contributed by atoms with E-state index in [4.69, 9.17) is 0 Å². The molecule has 0 saturated heterocycles. The van der Waals surface area contributed by atoms with Crippen molar-refractivity contribution in [2.75, 3.05) is 0 Å². The van der Waals surface area contributed by atoms with Crippen molar-refractivity contribution in [3.8, 4) is 0 Å². The Morgan fingerprint density at radius 1 is 0.688 bits per heavy atom. The van der Waals surface area contributed by atoms with Crippen LogP contribution in [0.2, 0.25) is 0 Å². The van der Waals surface area contributed by atoms with Crippen molar-refractivity contribution < 1.29 is 0 Å². The number of hydrogen-bond acceptors (Lipinski definition) is 2. The van der Waals surface area contributed by atoms with E-state index in [2.05, 4.69) is 54.2 Å². The number of aromatic nitrogens is 2. The van der Waals surface area contributed by atoms with Crippen molar-refractivity contribution >= 4 is 53.7 Å². The highest BCUT2D eigenvalue weighted by Gasteiger charge is 2.03. The summed E-state index contributed by atoms with van der Waals surface area (Å²) in [7, 11) is 0. The van der Waals surface area contributed by atoms with Gasteiger partial charge < -0.3 is 0 Å². The van der Waals surface area contributed by atoms with E-state index in [0.717, 1.165) is 30.8 Å². The number of benzene rings is 2. The molecule has 0 aliphatic carbocycles. The van der Waals surface area contributed by atoms with Crippen LogP contribution in [-0.4, -0.2) is 10.2 Å². The maximum atomic E-state index is 4.21. The van der Waals surface area contributed by atoms with E-state index in [1.807, 2.05) is 24.3 Å². The summed E-state index contributed by atoms with van der Waals surface area (Å²) in [6, 6.07) is 12.1. The molecule has 1 heterocycles. The summed E-state index contributed by atoms with van der Waals surface area (Å²) < 4.78 is 2.04. The monoisotopic (exact) mass is 336 g/mol. The number of hydrogen-bond donors (Lipinski definition) is 0. The molecule has 2 aromatic carbocycles. The van der Waals surface area contributed by atoms with Crippen LogP contribution >= 0.6 is 31.9 Å². The maximum absolute atomic E-state index is 4.21. The number of fused-ring (bicyclic) bond motifs is 3. The van der Waals surface area contributed by atoms with Gasteiger partial charge in [-0.25, -0.2) is 0 Å². The van der Waals surface area contributed by atoms with Crippen molar-refractivity contribution in [2.45, 2.75) is 0 Å². The standard InChI is InChI=1S/C12H6Br2N2/c13-7-1-3-9-10-4-2-8(14)6-12(10)16-15-11(9)5-7/h1-6H. The summed E-state index contributed by atoms with van der Waals surface area (Å²) >= 11 is 6.87. The Morgan fingerprint density at radius 3 is 1.56 bits per heavy atom. The second-order valence-electron chi connectivity index (χ2n) is 3.52. The molecule has 0 atom stereocenters. The Labute approximate surface area is 109 Å². The van der Waals surface area contributed by atoms with Crippen LogP contribution in [-0.2, 0) is 0 Å². The molecule has 0 spiro atoms. The van der Waals surface area contributed by atoms with Gasteiger partial charge in [0.1, 0.15) is 0 Å². The predicted molar refractivity (Wildman–Crippen MR) is 72.4 cm³/mol. The molecule has 3 rings (SSSR count). The van der Waals surface area contributed by atoms with Crippen LogP contribution in [0.3, 0.4) is 0 Å². The van der Waals surface area contributed by atoms with Gasteiger partial charge in [-0.2, -0.15) is 0 Å². The lowest BCUT2D eigenvalue weighted by Crippen LogP contribution is -1.87. The minimum Gasteiger partial charge on any atom is -0.150 e. The third-order valence-corrected chi connectivity index (χ3v) is 3.46. The van der Waals surface area contributed by atoms with E-state index in [1.54, 1.807) is 0 Å². The Morgan fingerprint density at radius 2 is 1.12 bits per heavy atom. The van der Waals surface area contributed by atoms with Crippen LogP contribution < -0.4 is 0 Å². The van der Waals surface area contributed by atoms with Crippen LogP contribution in [0.25, 0.3) is 21.8 Å². The van der Waals surface area contributed by atoms with Gasteiger partial charge >= 0.3 is 0 Å². The first-order chi connectivity index (χ1) is 7.74. The molecule has 0 fully saturated rings. The predicted octanol–water partition coefficient (Wildman–Crippen LogP) is 4.31. The van der Waals surface area contributed by atoms with Crippen LogP contribution in [0.1, 0.15) is 0 Å². The molecule has 2 nitrogen and oxygen atoms in total. The van der Waals surface area contributed by atoms with Gasteiger partial charge in [-0.15, -0.1) is 10.2 Å². The van der Waals surface area contributed by atoms with E-state index >= 15 is 0 Å².